The summed E-state index contributed by atoms with van der Waals surface area (Å²) in [5.74, 6) is 0. The van der Waals surface area contributed by atoms with Crippen molar-refractivity contribution in [2.24, 2.45) is 0 Å². The molecule has 0 N–H and O–H groups in total. The molecule has 21 heavy (non-hydrogen) atoms. The van der Waals surface area contributed by atoms with Crippen molar-refractivity contribution in [3.05, 3.63) is 29.3 Å². The monoisotopic (exact) mass is 309 g/mol. The van der Waals surface area contributed by atoms with Gasteiger partial charge in [0, 0.05) is 13.1 Å². The van der Waals surface area contributed by atoms with Crippen LogP contribution in [0.4, 0.5) is 0 Å². The molecular weight excluding hydrogens is 286 g/mol. The highest BCUT2D eigenvalue weighted by atomic mass is 32.2. The number of hydrogen-bond acceptors (Lipinski definition) is 4. The van der Waals surface area contributed by atoms with Gasteiger partial charge in [0.15, 0.2) is 0 Å². The first-order valence-corrected chi connectivity index (χ1v) is 8.42. The molecule has 0 aromatic heterocycles. The molecule has 0 spiro atoms. The molecule has 0 amide bonds. The molecule has 0 heterocycles. The van der Waals surface area contributed by atoms with E-state index in [4.69, 9.17) is 5.26 Å². The molecule has 116 valence electrons. The average molecular weight is 309 g/mol. The van der Waals surface area contributed by atoms with Crippen molar-refractivity contribution in [1.29, 1.82) is 5.26 Å². The predicted molar refractivity (Wildman–Crippen MR) is 83.5 cm³/mol. The second kappa shape index (κ2) is 7.55. The van der Waals surface area contributed by atoms with E-state index < -0.39 is 10.0 Å². The highest BCUT2D eigenvalue weighted by Gasteiger charge is 2.23. The van der Waals surface area contributed by atoms with Crippen LogP contribution in [0.2, 0.25) is 0 Å². The molecule has 6 heteroatoms. The molecule has 0 saturated carbocycles. The second-order valence-corrected chi connectivity index (χ2v) is 7.18. The van der Waals surface area contributed by atoms with Gasteiger partial charge in [-0.15, -0.1) is 0 Å². The Morgan fingerprint density at radius 3 is 2.38 bits per heavy atom. The van der Waals surface area contributed by atoms with Gasteiger partial charge in [-0.25, -0.2) is 8.42 Å². The van der Waals surface area contributed by atoms with Crippen LogP contribution in [0.5, 0.6) is 0 Å². The number of nitrogens with zero attached hydrogens (tertiary/aromatic N) is 3. The molecule has 1 aromatic carbocycles. The minimum Gasteiger partial charge on any atom is -0.309 e. The maximum absolute atomic E-state index is 12.6. The van der Waals surface area contributed by atoms with Crippen molar-refractivity contribution < 1.29 is 8.42 Å². The Bertz CT molecular complexity index is 618. The normalized spacial score (nSPS) is 11.9. The SMILES string of the molecule is CCN(CCCN(C)C)S(=O)(=O)c1ccc(C#N)c(C)c1. The van der Waals surface area contributed by atoms with Crippen LogP contribution in [-0.2, 0) is 10.0 Å². The van der Waals surface area contributed by atoms with Crippen LogP contribution in [0.25, 0.3) is 0 Å². The van der Waals surface area contributed by atoms with Crippen LogP contribution in [0.3, 0.4) is 0 Å². The van der Waals surface area contributed by atoms with Gasteiger partial charge in [-0.1, -0.05) is 6.92 Å². The van der Waals surface area contributed by atoms with E-state index in [0.717, 1.165) is 13.0 Å². The molecule has 0 fully saturated rings. The summed E-state index contributed by atoms with van der Waals surface area (Å²) < 4.78 is 26.7. The van der Waals surface area contributed by atoms with Crippen molar-refractivity contribution in [3.8, 4) is 6.07 Å². The van der Waals surface area contributed by atoms with Crippen LogP contribution in [0.15, 0.2) is 23.1 Å². The third-order valence-electron chi connectivity index (χ3n) is 3.32. The number of nitriles is 1. The lowest BCUT2D eigenvalue weighted by molar-refractivity contribution is 0.356. The van der Waals surface area contributed by atoms with E-state index in [1.54, 1.807) is 19.1 Å². The number of hydrogen-bond donors (Lipinski definition) is 0. The first-order chi connectivity index (χ1) is 9.82. The van der Waals surface area contributed by atoms with Gasteiger partial charge in [0.2, 0.25) is 10.0 Å². The molecule has 0 aliphatic heterocycles. The standard InChI is InChI=1S/C15H23N3O2S/c1-5-18(10-6-9-17(3)4)21(19,20)15-8-7-14(12-16)13(2)11-15/h7-8,11H,5-6,9-10H2,1-4H3. The zero-order chi connectivity index (χ0) is 16.0. The number of rotatable bonds is 7. The second-order valence-electron chi connectivity index (χ2n) is 5.24. The lowest BCUT2D eigenvalue weighted by Gasteiger charge is -2.21. The Balaban J connectivity index is 2.97. The zero-order valence-corrected chi connectivity index (χ0v) is 13.9. The maximum Gasteiger partial charge on any atom is 0.243 e. The van der Waals surface area contributed by atoms with Crippen molar-refractivity contribution >= 4 is 10.0 Å². The summed E-state index contributed by atoms with van der Waals surface area (Å²) >= 11 is 0. The Morgan fingerprint density at radius 1 is 1.24 bits per heavy atom. The van der Waals surface area contributed by atoms with Gasteiger partial charge in [-0.3, -0.25) is 0 Å². The third-order valence-corrected chi connectivity index (χ3v) is 5.29. The van der Waals surface area contributed by atoms with E-state index in [9.17, 15) is 8.42 Å². The molecule has 1 aromatic rings. The highest BCUT2D eigenvalue weighted by molar-refractivity contribution is 7.89. The van der Waals surface area contributed by atoms with Crippen LogP contribution in [-0.4, -0.2) is 51.4 Å². The fourth-order valence-corrected chi connectivity index (χ4v) is 3.66. The predicted octanol–water partition coefficient (Wildman–Crippen LogP) is 1.83. The van der Waals surface area contributed by atoms with Crippen molar-refractivity contribution in [2.45, 2.75) is 25.2 Å². The molecule has 0 atom stereocenters. The van der Waals surface area contributed by atoms with Gasteiger partial charge in [-0.2, -0.15) is 9.57 Å². The molecule has 1 rings (SSSR count). The van der Waals surface area contributed by atoms with Gasteiger partial charge >= 0.3 is 0 Å². The zero-order valence-electron chi connectivity index (χ0n) is 13.1. The van der Waals surface area contributed by atoms with Crippen molar-refractivity contribution in [2.75, 3.05) is 33.7 Å². The summed E-state index contributed by atoms with van der Waals surface area (Å²) in [5, 5.41) is 8.92. The summed E-state index contributed by atoms with van der Waals surface area (Å²) in [7, 11) is 0.443. The molecule has 0 radical (unpaired) electrons. The maximum atomic E-state index is 12.6. The molecule has 0 bridgehead atoms. The lowest BCUT2D eigenvalue weighted by Crippen LogP contribution is -2.33. The van der Waals surface area contributed by atoms with Crippen molar-refractivity contribution in [1.82, 2.24) is 9.21 Å². The fourth-order valence-electron chi connectivity index (χ4n) is 2.08. The van der Waals surface area contributed by atoms with Gasteiger partial charge in [0.25, 0.3) is 0 Å². The van der Waals surface area contributed by atoms with Crippen LogP contribution in [0.1, 0.15) is 24.5 Å². The Kier molecular flexibility index (Phi) is 6.34. The number of aryl methyl sites for hydroxylation is 1. The third kappa shape index (κ3) is 4.53. The minimum atomic E-state index is -3.49. The Labute approximate surface area is 127 Å². The van der Waals surface area contributed by atoms with E-state index in [-0.39, 0.29) is 4.90 Å². The summed E-state index contributed by atoms with van der Waals surface area (Å²) in [6.07, 6.45) is 0.787. The molecule has 5 nitrogen and oxygen atoms in total. The highest BCUT2D eigenvalue weighted by Crippen LogP contribution is 2.19. The summed E-state index contributed by atoms with van der Waals surface area (Å²) in [5.41, 5.74) is 1.19. The Hall–Kier alpha value is -1.42. The topological polar surface area (TPSA) is 64.4 Å². The van der Waals surface area contributed by atoms with Crippen LogP contribution < -0.4 is 0 Å². The summed E-state index contributed by atoms with van der Waals surface area (Å²) in [6, 6.07) is 6.70. The van der Waals surface area contributed by atoms with Crippen LogP contribution in [0, 0.1) is 18.3 Å². The number of benzene rings is 1. The molecular formula is C15H23N3O2S. The first-order valence-electron chi connectivity index (χ1n) is 6.98. The molecule has 0 saturated heterocycles. The van der Waals surface area contributed by atoms with Gasteiger partial charge in [-0.05, 0) is 57.7 Å². The average Bonchev–Trinajstić information content (AvgIpc) is 2.42. The van der Waals surface area contributed by atoms with Gasteiger partial charge in [0.1, 0.15) is 0 Å². The fraction of sp³-hybridized carbons (Fsp3) is 0.533. The Morgan fingerprint density at radius 2 is 1.90 bits per heavy atom. The van der Waals surface area contributed by atoms with Crippen molar-refractivity contribution in [3.63, 3.8) is 0 Å². The largest absolute Gasteiger partial charge is 0.309 e. The van der Waals surface area contributed by atoms with E-state index in [0.29, 0.717) is 24.2 Å². The molecule has 0 aliphatic carbocycles. The van der Waals surface area contributed by atoms with Gasteiger partial charge < -0.3 is 4.90 Å². The first kappa shape index (κ1) is 17.6. The lowest BCUT2D eigenvalue weighted by atomic mass is 10.1. The van der Waals surface area contributed by atoms with E-state index >= 15 is 0 Å². The van der Waals surface area contributed by atoms with E-state index in [1.807, 2.05) is 32.0 Å². The molecule has 0 unspecified atom stereocenters. The molecule has 0 aliphatic rings. The van der Waals surface area contributed by atoms with Gasteiger partial charge in [0.05, 0.1) is 16.5 Å². The van der Waals surface area contributed by atoms with Crippen LogP contribution >= 0.6 is 0 Å². The quantitative estimate of drug-likeness (QED) is 0.771. The minimum absolute atomic E-state index is 0.255. The smallest absolute Gasteiger partial charge is 0.243 e. The van der Waals surface area contributed by atoms with E-state index in [2.05, 4.69) is 0 Å². The number of sulfonamides is 1. The van der Waals surface area contributed by atoms with E-state index in [1.165, 1.54) is 10.4 Å². The summed E-state index contributed by atoms with van der Waals surface area (Å²) in [6.45, 7) is 5.37. The summed E-state index contributed by atoms with van der Waals surface area (Å²) in [4.78, 5) is 2.29.